The first-order valence-electron chi connectivity index (χ1n) is 20.6. The van der Waals surface area contributed by atoms with Crippen molar-refractivity contribution in [3.05, 3.63) is 17.0 Å². The molecule has 1 spiro atoms. The van der Waals surface area contributed by atoms with Gasteiger partial charge in [-0.15, -0.1) is 0 Å². The van der Waals surface area contributed by atoms with E-state index in [0.717, 1.165) is 37.0 Å². The topological polar surface area (TPSA) is 71.2 Å². The van der Waals surface area contributed by atoms with Crippen molar-refractivity contribution in [2.24, 2.45) is 62.1 Å². The van der Waals surface area contributed by atoms with Crippen molar-refractivity contribution in [1.82, 2.24) is 4.90 Å². The minimum atomic E-state index is -0.880. The lowest BCUT2D eigenvalue weighted by atomic mass is 9.30. The second-order valence-electron chi connectivity index (χ2n) is 20.9. The highest BCUT2D eigenvalue weighted by atomic mass is 16.5. The molecule has 6 fully saturated rings. The third kappa shape index (κ3) is 5.15. The molecule has 278 valence electrons. The molecule has 5 saturated carbocycles. The van der Waals surface area contributed by atoms with Crippen molar-refractivity contribution in [2.75, 3.05) is 19.6 Å². The number of aliphatic carboxylic acids is 1. The van der Waals surface area contributed by atoms with E-state index in [4.69, 9.17) is 9.58 Å². The number of rotatable bonds is 9. The van der Waals surface area contributed by atoms with E-state index >= 15 is 0 Å². The number of likely N-dealkylation sites (tertiary alicyclic amines) is 1. The van der Waals surface area contributed by atoms with Gasteiger partial charge in [-0.25, -0.2) is 0 Å². The molecule has 0 aromatic heterocycles. The lowest BCUT2D eigenvalue weighted by Gasteiger charge is -2.72. The zero-order chi connectivity index (χ0) is 36.1. The van der Waals surface area contributed by atoms with Gasteiger partial charge in [0.1, 0.15) is 6.10 Å². The molecule has 0 unspecified atom stereocenters. The highest BCUT2D eigenvalue weighted by Gasteiger charge is 2.85. The van der Waals surface area contributed by atoms with Crippen LogP contribution in [0.15, 0.2) is 12.2 Å². The van der Waals surface area contributed by atoms with Gasteiger partial charge in [0, 0.05) is 6.42 Å². The molecule has 7 rings (SSSR count). The summed E-state index contributed by atoms with van der Waals surface area (Å²) in [5, 5.41) is 9.37. The first-order chi connectivity index (χ1) is 23.4. The van der Waals surface area contributed by atoms with Crippen LogP contribution >= 0.6 is 0 Å². The zero-order valence-electron chi connectivity index (χ0n) is 33.0. The van der Waals surface area contributed by atoms with Crippen LogP contribution in [0.3, 0.4) is 0 Å². The number of ether oxygens (including phenoxy) is 1. The summed E-state index contributed by atoms with van der Waals surface area (Å²) in [7, 11) is 0. The second-order valence-corrected chi connectivity index (χ2v) is 20.9. The Morgan fingerprint density at radius 3 is 2.24 bits per heavy atom. The normalized spacial score (nSPS) is 46.8. The highest BCUT2D eigenvalue weighted by Crippen LogP contribution is 2.80. The van der Waals surface area contributed by atoms with Crippen molar-refractivity contribution >= 4 is 11.9 Å². The van der Waals surface area contributed by atoms with Gasteiger partial charge in [0.25, 0.3) is 6.07 Å². The van der Waals surface area contributed by atoms with E-state index in [1.165, 1.54) is 89.4 Å². The van der Waals surface area contributed by atoms with E-state index in [0.29, 0.717) is 22.7 Å². The molecule has 11 atom stereocenters. The standard InChI is InChI=1S/C44H68N2O4/c1-29(2)31-12-17-43(22-25-46-23-14-30(3)15-24-46)20-18-39(6)32(37(31)43)10-11-33-40(39,7)19-21-44-41(33,8)16-13-34(42(44,9)28-45-44)50-36(49)27-38(4,5)26-35(47)48/h30-34,37H,1,10-27H2,2-9H3/p+1/t31-,32+,33-,34-,37+,39+,40+,41+,42+,43+,44-/m0/s1. The Bertz CT molecular complexity index is 1470. The van der Waals surface area contributed by atoms with Crippen LogP contribution in [0.5, 0.6) is 0 Å². The number of carboxylic acid groups (broad SMARTS) is 1. The van der Waals surface area contributed by atoms with Crippen LogP contribution in [0, 0.1) is 68.1 Å². The largest absolute Gasteiger partial charge is 0.481 e. The third-order valence-electron chi connectivity index (χ3n) is 17.9. The predicted molar refractivity (Wildman–Crippen MR) is 200 cm³/mol. The number of fused-ring (bicyclic) bond motifs is 6. The molecular formula is C44H69N2O4+. The monoisotopic (exact) mass is 690 g/mol. The van der Waals surface area contributed by atoms with Gasteiger partial charge in [-0.05, 0) is 162 Å². The van der Waals surface area contributed by atoms with Crippen molar-refractivity contribution in [3.63, 3.8) is 0 Å². The Kier molecular flexibility index (Phi) is 8.81. The minimum absolute atomic E-state index is 0.0306. The number of carboxylic acids is 1. The van der Waals surface area contributed by atoms with Crippen LogP contribution in [0.2, 0.25) is 0 Å². The number of hydrogen-bond acceptors (Lipinski definition) is 4. The van der Waals surface area contributed by atoms with Crippen LogP contribution < -0.4 is 0 Å². The van der Waals surface area contributed by atoms with E-state index in [-0.39, 0.29) is 41.3 Å². The average molecular weight is 690 g/mol. The molecule has 0 bridgehead atoms. The van der Waals surface area contributed by atoms with Gasteiger partial charge >= 0.3 is 17.5 Å². The second kappa shape index (κ2) is 12.1. The van der Waals surface area contributed by atoms with Gasteiger partial charge < -0.3 is 14.7 Å². The molecule has 0 radical (unpaired) electrons. The smallest absolute Gasteiger partial charge is 0.312 e. The summed E-state index contributed by atoms with van der Waals surface area (Å²) in [6.07, 6.45) is 16.0. The Hall–Kier alpha value is -1.87. The first-order valence-corrected chi connectivity index (χ1v) is 20.6. The van der Waals surface area contributed by atoms with Gasteiger partial charge in [0.05, 0.1) is 18.3 Å². The summed E-state index contributed by atoms with van der Waals surface area (Å²) in [6, 6.07) is 3.50. The van der Waals surface area contributed by atoms with Crippen molar-refractivity contribution in [1.29, 1.82) is 0 Å². The number of esters is 1. The van der Waals surface area contributed by atoms with Gasteiger partial charge in [-0.2, -0.15) is 0 Å². The van der Waals surface area contributed by atoms with E-state index in [2.05, 4.69) is 59.1 Å². The number of hydrogen-bond donors (Lipinski definition) is 1. The number of carbonyl (C=O) groups is 2. The Morgan fingerprint density at radius 1 is 0.900 bits per heavy atom. The highest BCUT2D eigenvalue weighted by molar-refractivity contribution is 5.73. The maximum atomic E-state index is 13.3. The molecule has 7 aliphatic rings. The van der Waals surface area contributed by atoms with Crippen molar-refractivity contribution in [2.45, 2.75) is 163 Å². The van der Waals surface area contributed by atoms with Crippen molar-refractivity contribution in [3.8, 4) is 6.07 Å². The van der Waals surface area contributed by atoms with Crippen LogP contribution in [-0.4, -0.2) is 53.2 Å². The molecule has 0 aromatic carbocycles. The summed E-state index contributed by atoms with van der Waals surface area (Å²) in [5.41, 5.74) is 1.15. The number of carbonyl (C=O) groups excluding carboxylic acids is 1. The van der Waals surface area contributed by atoms with E-state index in [1.807, 2.05) is 13.8 Å². The fraction of sp³-hybridized carbons (Fsp3) is 0.886. The van der Waals surface area contributed by atoms with E-state index in [1.54, 1.807) is 0 Å². The fourth-order valence-corrected chi connectivity index (χ4v) is 14.8. The summed E-state index contributed by atoms with van der Waals surface area (Å²) in [6.45, 7) is 27.2. The zero-order valence-corrected chi connectivity index (χ0v) is 33.0. The van der Waals surface area contributed by atoms with Gasteiger partial charge in [-0.3, -0.25) is 9.59 Å². The number of allylic oxidation sites excluding steroid dienone is 1. The van der Waals surface area contributed by atoms with Gasteiger partial charge in [0.15, 0.2) is 0 Å². The maximum absolute atomic E-state index is 13.3. The maximum Gasteiger partial charge on any atom is 0.312 e. The fourth-order valence-electron chi connectivity index (χ4n) is 14.8. The quantitative estimate of drug-likeness (QED) is 0.193. The molecule has 6 heteroatoms. The summed E-state index contributed by atoms with van der Waals surface area (Å²) in [4.78, 5) is 32.8. The van der Waals surface area contributed by atoms with Gasteiger partial charge in [-0.1, -0.05) is 58.5 Å². The molecule has 2 aliphatic heterocycles. The van der Waals surface area contributed by atoms with Crippen LogP contribution in [-0.2, 0) is 14.3 Å². The average Bonchev–Trinajstić information content (AvgIpc) is 3.41. The molecule has 1 N–H and O–H groups in total. The van der Waals surface area contributed by atoms with Crippen LogP contribution in [0.1, 0.15) is 152 Å². The predicted octanol–water partition coefficient (Wildman–Crippen LogP) is 10.0. The lowest BCUT2D eigenvalue weighted by Crippen LogP contribution is -2.75. The first kappa shape index (κ1) is 36.5. The van der Waals surface area contributed by atoms with Crippen molar-refractivity contribution < 1.29 is 19.4 Å². The summed E-state index contributed by atoms with van der Waals surface area (Å²) < 4.78 is 6.30. The molecule has 0 amide bonds. The third-order valence-corrected chi connectivity index (χ3v) is 17.9. The lowest BCUT2D eigenvalue weighted by molar-refractivity contribution is -0.248. The van der Waals surface area contributed by atoms with Gasteiger partial charge in [0.2, 0.25) is 5.41 Å². The molecule has 5 aliphatic carbocycles. The van der Waals surface area contributed by atoms with Crippen LogP contribution in [0.4, 0.5) is 0 Å². The Labute approximate surface area is 303 Å². The molecule has 2 heterocycles. The molecule has 50 heavy (non-hydrogen) atoms. The summed E-state index contributed by atoms with van der Waals surface area (Å²) >= 11 is 0. The summed E-state index contributed by atoms with van der Waals surface area (Å²) in [5.74, 6) is 2.45. The molecular weight excluding hydrogens is 620 g/mol. The molecule has 6 nitrogen and oxygen atoms in total. The van der Waals surface area contributed by atoms with E-state index < -0.39 is 16.8 Å². The molecule has 0 aromatic rings. The van der Waals surface area contributed by atoms with Crippen LogP contribution in [0.25, 0.3) is 4.85 Å². The SMILES string of the molecule is C=C(C)[C@@H]1CC[C@]2(CCN3CCC(C)CC3)CC[C@]3(C)[C@H](CC[C@@H]4[C@@]5(C)CC[C@H](OC(=O)CC(C)(C)CC(=O)O)[C@@]6(C)C#[N+][C@]65CC[C@]43C)[C@@H]12. The number of piperidine rings is 1. The van der Waals surface area contributed by atoms with E-state index in [9.17, 15) is 14.7 Å². The molecule has 1 saturated heterocycles. The Morgan fingerprint density at radius 2 is 1.60 bits per heavy atom. The Balaban J connectivity index is 1.13. The number of nitrogens with zero attached hydrogens (tertiary/aromatic N) is 2. The minimum Gasteiger partial charge on any atom is -0.481 e.